The molecule has 0 unspecified atom stereocenters. The second-order valence-electron chi connectivity index (χ2n) is 8.92. The largest absolute Gasteiger partial charge is 0.497 e. The van der Waals surface area contributed by atoms with Crippen molar-refractivity contribution in [1.29, 1.82) is 0 Å². The highest BCUT2D eigenvalue weighted by Gasteiger charge is 2.23. The number of methoxy groups -OCH3 is 1. The van der Waals surface area contributed by atoms with Crippen molar-refractivity contribution in [3.63, 3.8) is 0 Å². The average molecular weight is 472 g/mol. The highest BCUT2D eigenvalue weighted by atomic mass is 32.2. The zero-order chi connectivity index (χ0) is 24.1. The maximum atomic E-state index is 12.9. The van der Waals surface area contributed by atoms with Gasteiger partial charge in [0.15, 0.2) is 0 Å². The Morgan fingerprint density at radius 1 is 0.939 bits per heavy atom. The molecular formula is C25H29NO6S. The summed E-state index contributed by atoms with van der Waals surface area (Å²) in [6, 6.07) is 16.2. The van der Waals surface area contributed by atoms with Crippen molar-refractivity contribution in [2.24, 2.45) is 5.41 Å². The summed E-state index contributed by atoms with van der Waals surface area (Å²) in [7, 11) is -2.47. The van der Waals surface area contributed by atoms with E-state index >= 15 is 0 Å². The molecule has 0 N–H and O–H groups in total. The molecule has 0 atom stereocenters. The summed E-state index contributed by atoms with van der Waals surface area (Å²) in [6.45, 7) is 6.77. The molecule has 33 heavy (non-hydrogen) atoms. The molecule has 2 aromatic carbocycles. The summed E-state index contributed by atoms with van der Waals surface area (Å²) in [5.74, 6) is 1.45. The van der Waals surface area contributed by atoms with Gasteiger partial charge in [-0.05, 0) is 59.5 Å². The SMILES string of the molecule is COc1ccc(S(=O)(=O)Oc2ccc(CN(Cc3ccco3)C(=O)CC(C)(C)C)cc2)cc1. The van der Waals surface area contributed by atoms with Crippen LogP contribution in [-0.2, 0) is 28.0 Å². The van der Waals surface area contributed by atoms with Crippen LogP contribution < -0.4 is 8.92 Å². The predicted molar refractivity (Wildman–Crippen MR) is 124 cm³/mol. The molecule has 0 saturated heterocycles. The van der Waals surface area contributed by atoms with Gasteiger partial charge in [0.05, 0.1) is 19.9 Å². The fourth-order valence-corrected chi connectivity index (χ4v) is 4.11. The van der Waals surface area contributed by atoms with Crippen molar-refractivity contribution in [1.82, 2.24) is 4.90 Å². The molecule has 1 heterocycles. The van der Waals surface area contributed by atoms with Crippen LogP contribution in [-0.4, -0.2) is 26.3 Å². The Bertz CT molecular complexity index is 1150. The number of rotatable bonds is 9. The van der Waals surface area contributed by atoms with E-state index in [2.05, 4.69) is 0 Å². The number of amides is 1. The molecule has 3 aromatic rings. The highest BCUT2D eigenvalue weighted by Crippen LogP contribution is 2.24. The first kappa shape index (κ1) is 24.4. The van der Waals surface area contributed by atoms with Crippen LogP contribution in [0, 0.1) is 5.41 Å². The first-order valence-electron chi connectivity index (χ1n) is 10.5. The number of carbonyl (C=O) groups excluding carboxylic acids is 1. The molecule has 0 saturated carbocycles. The lowest BCUT2D eigenvalue weighted by Gasteiger charge is -2.26. The zero-order valence-corrected chi connectivity index (χ0v) is 20.1. The maximum absolute atomic E-state index is 12.9. The van der Waals surface area contributed by atoms with E-state index in [0.29, 0.717) is 31.0 Å². The molecule has 176 valence electrons. The molecule has 1 amide bonds. The predicted octanol–water partition coefficient (Wildman–Crippen LogP) is 5.02. The maximum Gasteiger partial charge on any atom is 0.339 e. The number of carbonyl (C=O) groups is 1. The van der Waals surface area contributed by atoms with E-state index in [1.807, 2.05) is 26.8 Å². The van der Waals surface area contributed by atoms with Gasteiger partial charge in [0.2, 0.25) is 5.91 Å². The van der Waals surface area contributed by atoms with Crippen molar-refractivity contribution in [2.45, 2.75) is 45.2 Å². The summed E-state index contributed by atoms with van der Waals surface area (Å²) in [4.78, 5) is 14.7. The molecule has 0 aliphatic heterocycles. The highest BCUT2D eigenvalue weighted by molar-refractivity contribution is 7.87. The number of furan rings is 1. The third kappa shape index (κ3) is 7.12. The summed E-state index contributed by atoms with van der Waals surface area (Å²) in [5.41, 5.74) is 0.699. The van der Waals surface area contributed by atoms with E-state index in [9.17, 15) is 13.2 Å². The second kappa shape index (κ2) is 10.1. The first-order chi connectivity index (χ1) is 15.6. The Balaban J connectivity index is 1.71. The standard InChI is InChI=1S/C25H29NO6S/c1-25(2,3)16-24(27)26(18-22-6-5-15-31-22)17-19-7-9-21(10-8-19)32-33(28,29)23-13-11-20(30-4)12-14-23/h5-15H,16-18H2,1-4H3. The Hall–Kier alpha value is -3.26. The molecule has 1 aromatic heterocycles. The van der Waals surface area contributed by atoms with Gasteiger partial charge in [-0.15, -0.1) is 0 Å². The molecule has 0 fully saturated rings. The van der Waals surface area contributed by atoms with Crippen molar-refractivity contribution >= 4 is 16.0 Å². The minimum atomic E-state index is -3.97. The van der Waals surface area contributed by atoms with Crippen LogP contribution in [0.25, 0.3) is 0 Å². The van der Waals surface area contributed by atoms with Crippen molar-refractivity contribution in [3.05, 3.63) is 78.3 Å². The Morgan fingerprint density at radius 2 is 1.58 bits per heavy atom. The number of hydrogen-bond donors (Lipinski definition) is 0. The summed E-state index contributed by atoms with van der Waals surface area (Å²) >= 11 is 0. The van der Waals surface area contributed by atoms with E-state index in [-0.39, 0.29) is 22.0 Å². The minimum absolute atomic E-state index is 0.0151. The molecule has 0 spiro atoms. The monoisotopic (exact) mass is 471 g/mol. The summed E-state index contributed by atoms with van der Waals surface area (Å²) < 4.78 is 40.8. The van der Waals surface area contributed by atoms with Crippen LogP contribution in [0.4, 0.5) is 0 Å². The average Bonchev–Trinajstić information content (AvgIpc) is 3.26. The molecule has 0 aliphatic rings. The van der Waals surface area contributed by atoms with E-state index in [0.717, 1.165) is 5.56 Å². The van der Waals surface area contributed by atoms with Gasteiger partial charge in [0.25, 0.3) is 0 Å². The van der Waals surface area contributed by atoms with Crippen LogP contribution in [0.2, 0.25) is 0 Å². The quantitative estimate of drug-likeness (QED) is 0.407. The lowest BCUT2D eigenvalue weighted by Crippen LogP contribution is -2.32. The van der Waals surface area contributed by atoms with Gasteiger partial charge in [-0.1, -0.05) is 32.9 Å². The van der Waals surface area contributed by atoms with Crippen molar-refractivity contribution in [2.75, 3.05) is 7.11 Å². The third-order valence-corrected chi connectivity index (χ3v) is 6.07. The van der Waals surface area contributed by atoms with Crippen LogP contribution in [0.5, 0.6) is 11.5 Å². The van der Waals surface area contributed by atoms with Crippen LogP contribution >= 0.6 is 0 Å². The smallest absolute Gasteiger partial charge is 0.339 e. The topological polar surface area (TPSA) is 86.1 Å². The number of benzene rings is 2. The number of ether oxygens (including phenoxy) is 1. The lowest BCUT2D eigenvalue weighted by molar-refractivity contribution is -0.134. The van der Waals surface area contributed by atoms with Crippen molar-refractivity contribution < 1.29 is 26.5 Å². The van der Waals surface area contributed by atoms with Gasteiger partial charge in [-0.25, -0.2) is 0 Å². The van der Waals surface area contributed by atoms with Gasteiger partial charge in [-0.2, -0.15) is 8.42 Å². The fraction of sp³-hybridized carbons (Fsp3) is 0.320. The van der Waals surface area contributed by atoms with Crippen LogP contribution in [0.3, 0.4) is 0 Å². The van der Waals surface area contributed by atoms with E-state index in [1.54, 1.807) is 53.6 Å². The molecule has 0 bridgehead atoms. The Morgan fingerprint density at radius 3 is 2.12 bits per heavy atom. The fourth-order valence-electron chi connectivity index (χ4n) is 3.18. The van der Waals surface area contributed by atoms with E-state index < -0.39 is 10.1 Å². The Kier molecular flexibility index (Phi) is 7.48. The molecule has 8 heteroatoms. The molecule has 7 nitrogen and oxygen atoms in total. The van der Waals surface area contributed by atoms with Crippen molar-refractivity contribution in [3.8, 4) is 11.5 Å². The van der Waals surface area contributed by atoms with Crippen LogP contribution in [0.15, 0.2) is 76.2 Å². The van der Waals surface area contributed by atoms with E-state index in [4.69, 9.17) is 13.3 Å². The molecule has 0 radical (unpaired) electrons. The zero-order valence-electron chi connectivity index (χ0n) is 19.3. The minimum Gasteiger partial charge on any atom is -0.497 e. The van der Waals surface area contributed by atoms with Gasteiger partial charge >= 0.3 is 10.1 Å². The van der Waals surface area contributed by atoms with Gasteiger partial charge < -0.3 is 18.2 Å². The van der Waals surface area contributed by atoms with Crippen LogP contribution in [0.1, 0.15) is 38.5 Å². The summed E-state index contributed by atoms with van der Waals surface area (Å²) in [5, 5.41) is 0. The second-order valence-corrected chi connectivity index (χ2v) is 10.5. The first-order valence-corrected chi connectivity index (χ1v) is 11.9. The lowest BCUT2D eigenvalue weighted by atomic mass is 9.91. The third-order valence-electron chi connectivity index (χ3n) is 4.81. The Labute approximate surface area is 195 Å². The molecular weight excluding hydrogens is 442 g/mol. The molecule has 0 aliphatic carbocycles. The normalized spacial score (nSPS) is 11.8. The number of hydrogen-bond acceptors (Lipinski definition) is 6. The number of nitrogens with zero attached hydrogens (tertiary/aromatic N) is 1. The molecule has 3 rings (SSSR count). The summed E-state index contributed by atoms with van der Waals surface area (Å²) in [6.07, 6.45) is 1.98. The van der Waals surface area contributed by atoms with Gasteiger partial charge in [0, 0.05) is 13.0 Å². The van der Waals surface area contributed by atoms with Gasteiger partial charge in [-0.3, -0.25) is 4.79 Å². The van der Waals surface area contributed by atoms with E-state index in [1.165, 1.54) is 19.2 Å². The van der Waals surface area contributed by atoms with Gasteiger partial charge in [0.1, 0.15) is 22.2 Å².